The molecular weight excluding hydrogens is 370 g/mol. The van der Waals surface area contributed by atoms with Gasteiger partial charge in [0, 0.05) is 12.5 Å². The van der Waals surface area contributed by atoms with Crippen molar-refractivity contribution in [1.82, 2.24) is 5.32 Å². The second-order valence-corrected chi connectivity index (χ2v) is 7.83. The monoisotopic (exact) mass is 399 g/mol. The summed E-state index contributed by atoms with van der Waals surface area (Å²) < 4.78 is 16.9. The van der Waals surface area contributed by atoms with Crippen LogP contribution >= 0.6 is 0 Å². The minimum absolute atomic E-state index is 0.0947. The topological polar surface area (TPSA) is 77.0 Å². The van der Waals surface area contributed by atoms with Crippen molar-refractivity contribution in [3.63, 3.8) is 0 Å². The van der Waals surface area contributed by atoms with Gasteiger partial charge < -0.3 is 24.6 Å². The molecule has 0 saturated heterocycles. The van der Waals surface area contributed by atoms with E-state index >= 15 is 0 Å². The highest BCUT2D eigenvalue weighted by atomic mass is 16.5. The lowest BCUT2D eigenvalue weighted by atomic mass is 9.88. The molecule has 0 heterocycles. The standard InChI is InChI=1S/C23H29NO5/c1-13(25)24-18-10-7-14-11-19(27-4)21(28-5)22(29-6)20(14)16-9-8-15(12-17(16)18)23(2,3)26/h8-9,11-12,18,26H,7,10H2,1-6H3,(H,24,25)/t18-/m0/s1. The molecule has 1 amide bonds. The number of methoxy groups -OCH3 is 3. The predicted molar refractivity (Wildman–Crippen MR) is 112 cm³/mol. The van der Waals surface area contributed by atoms with Crippen LogP contribution in [0.25, 0.3) is 11.1 Å². The van der Waals surface area contributed by atoms with Crippen LogP contribution in [0.4, 0.5) is 0 Å². The van der Waals surface area contributed by atoms with Gasteiger partial charge in [-0.1, -0.05) is 18.2 Å². The average Bonchev–Trinajstić information content (AvgIpc) is 2.82. The van der Waals surface area contributed by atoms with E-state index in [1.54, 1.807) is 35.2 Å². The van der Waals surface area contributed by atoms with Gasteiger partial charge >= 0.3 is 0 Å². The molecule has 3 rings (SSSR count). The number of fused-ring (bicyclic) bond motifs is 3. The normalized spacial score (nSPS) is 15.6. The number of carbonyl (C=O) groups is 1. The number of carbonyl (C=O) groups excluding carboxylic acids is 1. The Morgan fingerprint density at radius 3 is 2.34 bits per heavy atom. The Morgan fingerprint density at radius 1 is 1.10 bits per heavy atom. The molecule has 0 bridgehead atoms. The smallest absolute Gasteiger partial charge is 0.217 e. The molecule has 0 unspecified atom stereocenters. The van der Waals surface area contributed by atoms with Crippen molar-refractivity contribution in [3.8, 4) is 28.4 Å². The summed E-state index contributed by atoms with van der Waals surface area (Å²) in [4.78, 5) is 11.9. The zero-order chi connectivity index (χ0) is 21.3. The van der Waals surface area contributed by atoms with Gasteiger partial charge in [-0.25, -0.2) is 0 Å². The first-order valence-electron chi connectivity index (χ1n) is 9.67. The lowest BCUT2D eigenvalue weighted by Gasteiger charge is -2.24. The molecular formula is C23H29NO5. The van der Waals surface area contributed by atoms with E-state index in [1.165, 1.54) is 6.92 Å². The van der Waals surface area contributed by atoms with E-state index in [9.17, 15) is 9.90 Å². The maximum absolute atomic E-state index is 11.9. The van der Waals surface area contributed by atoms with Crippen molar-refractivity contribution < 1.29 is 24.1 Å². The summed E-state index contributed by atoms with van der Waals surface area (Å²) in [6, 6.07) is 7.66. The third kappa shape index (κ3) is 3.90. The molecule has 1 aliphatic rings. The SMILES string of the molecule is COc1cc2c(c(OC)c1OC)-c1ccc(C(C)(C)O)cc1[C@@H](NC(C)=O)CC2. The highest BCUT2D eigenvalue weighted by Gasteiger charge is 2.30. The molecule has 6 nitrogen and oxygen atoms in total. The van der Waals surface area contributed by atoms with Crippen LogP contribution in [0.3, 0.4) is 0 Å². The van der Waals surface area contributed by atoms with Gasteiger partial charge in [-0.05, 0) is 55.0 Å². The fourth-order valence-electron chi connectivity index (χ4n) is 4.01. The molecule has 156 valence electrons. The van der Waals surface area contributed by atoms with Crippen molar-refractivity contribution >= 4 is 5.91 Å². The van der Waals surface area contributed by atoms with Gasteiger partial charge in [0.25, 0.3) is 0 Å². The van der Waals surface area contributed by atoms with Gasteiger partial charge in [0.05, 0.1) is 33.0 Å². The predicted octanol–water partition coefficient (Wildman–Crippen LogP) is 3.73. The maximum Gasteiger partial charge on any atom is 0.217 e. The quantitative estimate of drug-likeness (QED) is 0.801. The van der Waals surface area contributed by atoms with Gasteiger partial charge in [0.2, 0.25) is 11.7 Å². The lowest BCUT2D eigenvalue weighted by Crippen LogP contribution is -2.27. The molecule has 0 spiro atoms. The third-order valence-electron chi connectivity index (χ3n) is 5.39. The number of hydrogen-bond donors (Lipinski definition) is 2. The molecule has 0 radical (unpaired) electrons. The average molecular weight is 399 g/mol. The van der Waals surface area contributed by atoms with E-state index in [2.05, 4.69) is 5.32 Å². The zero-order valence-corrected chi connectivity index (χ0v) is 17.9. The number of amides is 1. The summed E-state index contributed by atoms with van der Waals surface area (Å²) in [7, 11) is 4.80. The van der Waals surface area contributed by atoms with Crippen LogP contribution in [0, 0.1) is 0 Å². The molecule has 1 atom stereocenters. The Kier molecular flexibility index (Phi) is 5.75. The summed E-state index contributed by atoms with van der Waals surface area (Å²) in [6.45, 7) is 5.02. The van der Waals surface area contributed by atoms with E-state index in [0.29, 0.717) is 23.7 Å². The Labute approximate surface area is 171 Å². The van der Waals surface area contributed by atoms with Gasteiger partial charge in [0.15, 0.2) is 11.5 Å². The second-order valence-electron chi connectivity index (χ2n) is 7.83. The number of benzene rings is 2. The summed E-state index contributed by atoms with van der Waals surface area (Å²) in [5.74, 6) is 1.64. The molecule has 2 aromatic rings. The van der Waals surface area contributed by atoms with E-state index in [1.807, 2.05) is 24.3 Å². The first kappa shape index (κ1) is 21.0. The van der Waals surface area contributed by atoms with Gasteiger partial charge in [0.1, 0.15) is 0 Å². The summed E-state index contributed by atoms with van der Waals surface area (Å²) in [6.07, 6.45) is 1.44. The number of aryl methyl sites for hydroxylation is 1. The number of hydrogen-bond acceptors (Lipinski definition) is 5. The van der Waals surface area contributed by atoms with E-state index in [-0.39, 0.29) is 11.9 Å². The van der Waals surface area contributed by atoms with Crippen molar-refractivity contribution in [3.05, 3.63) is 41.0 Å². The van der Waals surface area contributed by atoms with Crippen LogP contribution < -0.4 is 19.5 Å². The molecule has 0 aromatic heterocycles. The largest absolute Gasteiger partial charge is 0.493 e. The van der Waals surface area contributed by atoms with Crippen molar-refractivity contribution in [2.45, 2.75) is 45.3 Å². The van der Waals surface area contributed by atoms with Gasteiger partial charge in [-0.2, -0.15) is 0 Å². The number of ether oxygens (including phenoxy) is 3. The summed E-state index contributed by atoms with van der Waals surface area (Å²) in [5.41, 5.74) is 3.67. The number of rotatable bonds is 5. The molecule has 2 aromatic carbocycles. The first-order chi connectivity index (χ1) is 13.7. The molecule has 0 fully saturated rings. The second kappa shape index (κ2) is 7.95. The van der Waals surface area contributed by atoms with Crippen molar-refractivity contribution in [2.24, 2.45) is 0 Å². The van der Waals surface area contributed by atoms with Crippen LogP contribution in [-0.2, 0) is 16.8 Å². The Bertz CT molecular complexity index is 930. The van der Waals surface area contributed by atoms with E-state index in [4.69, 9.17) is 14.2 Å². The molecule has 0 saturated carbocycles. The van der Waals surface area contributed by atoms with Crippen LogP contribution in [-0.4, -0.2) is 32.3 Å². The summed E-state index contributed by atoms with van der Waals surface area (Å²) in [5, 5.41) is 13.6. The van der Waals surface area contributed by atoms with E-state index in [0.717, 1.165) is 34.2 Å². The minimum atomic E-state index is -0.993. The maximum atomic E-state index is 11.9. The Hall–Kier alpha value is -2.73. The minimum Gasteiger partial charge on any atom is -0.493 e. The fourth-order valence-corrected chi connectivity index (χ4v) is 4.01. The Balaban J connectivity index is 2.33. The van der Waals surface area contributed by atoms with Gasteiger partial charge in [-0.15, -0.1) is 0 Å². The Morgan fingerprint density at radius 2 is 1.79 bits per heavy atom. The highest BCUT2D eigenvalue weighted by Crippen LogP contribution is 2.50. The van der Waals surface area contributed by atoms with Crippen molar-refractivity contribution in [2.75, 3.05) is 21.3 Å². The van der Waals surface area contributed by atoms with Crippen LogP contribution in [0.15, 0.2) is 24.3 Å². The van der Waals surface area contributed by atoms with Crippen molar-refractivity contribution in [1.29, 1.82) is 0 Å². The van der Waals surface area contributed by atoms with Gasteiger partial charge in [-0.3, -0.25) is 4.79 Å². The molecule has 29 heavy (non-hydrogen) atoms. The molecule has 2 N–H and O–H groups in total. The number of nitrogens with one attached hydrogen (secondary N) is 1. The first-order valence-corrected chi connectivity index (χ1v) is 9.67. The fraction of sp³-hybridized carbons (Fsp3) is 0.435. The van der Waals surface area contributed by atoms with E-state index < -0.39 is 5.60 Å². The van der Waals surface area contributed by atoms with Crippen LogP contribution in [0.2, 0.25) is 0 Å². The molecule has 0 aliphatic heterocycles. The summed E-state index contributed by atoms with van der Waals surface area (Å²) >= 11 is 0. The zero-order valence-electron chi connectivity index (χ0n) is 17.9. The highest BCUT2D eigenvalue weighted by molar-refractivity contribution is 5.83. The lowest BCUT2D eigenvalue weighted by molar-refractivity contribution is -0.119. The molecule has 1 aliphatic carbocycles. The van der Waals surface area contributed by atoms with Crippen LogP contribution in [0.1, 0.15) is 49.9 Å². The molecule has 6 heteroatoms. The number of aliphatic hydroxyl groups is 1. The third-order valence-corrected chi connectivity index (χ3v) is 5.39. The van der Waals surface area contributed by atoms with Crippen LogP contribution in [0.5, 0.6) is 17.2 Å².